The number of hydrogen-bond acceptors (Lipinski definition) is 6. The second-order valence-electron chi connectivity index (χ2n) is 11.4. The van der Waals surface area contributed by atoms with Crippen molar-refractivity contribution in [2.45, 2.75) is 63.3 Å². The van der Waals surface area contributed by atoms with E-state index in [4.69, 9.17) is 14.2 Å². The number of benzene rings is 2. The van der Waals surface area contributed by atoms with Gasteiger partial charge in [0.1, 0.15) is 11.4 Å². The highest BCUT2D eigenvalue weighted by Gasteiger charge is 2.42. The minimum absolute atomic E-state index is 0.151. The number of rotatable bonds is 12. The van der Waals surface area contributed by atoms with Crippen LogP contribution in [0, 0.1) is 5.92 Å². The number of nitrogens with zero attached hydrogens (tertiary/aromatic N) is 3. The summed E-state index contributed by atoms with van der Waals surface area (Å²) in [6.07, 6.45) is 4.32. The SMILES string of the molecule is COC1(N(C)C)CCC(CN(C)C(OC)(c2ccccc2)c2cccc(COC(C)(C)N(C)C)c2)CC1. The molecule has 0 aliphatic heterocycles. The van der Waals surface area contributed by atoms with Crippen molar-refractivity contribution in [2.24, 2.45) is 5.92 Å². The van der Waals surface area contributed by atoms with Crippen LogP contribution in [0.2, 0.25) is 0 Å². The Morgan fingerprint density at radius 1 is 0.865 bits per heavy atom. The topological polar surface area (TPSA) is 37.4 Å². The first-order chi connectivity index (χ1) is 17.5. The normalized spacial score (nSPS) is 22.5. The fourth-order valence-electron chi connectivity index (χ4n) is 5.58. The zero-order chi connectivity index (χ0) is 27.3. The minimum atomic E-state index is -0.703. The maximum absolute atomic E-state index is 6.50. The third kappa shape index (κ3) is 6.44. The molecule has 6 heteroatoms. The van der Waals surface area contributed by atoms with E-state index in [1.165, 1.54) is 0 Å². The predicted octanol–water partition coefficient (Wildman–Crippen LogP) is 5.37. The van der Waals surface area contributed by atoms with Gasteiger partial charge in [0, 0.05) is 31.9 Å². The van der Waals surface area contributed by atoms with Gasteiger partial charge in [-0.15, -0.1) is 0 Å². The van der Waals surface area contributed by atoms with Gasteiger partial charge in [-0.05, 0) is 92.3 Å². The van der Waals surface area contributed by atoms with Gasteiger partial charge in [-0.25, -0.2) is 0 Å². The van der Waals surface area contributed by atoms with Crippen molar-refractivity contribution in [3.8, 4) is 0 Å². The molecule has 1 unspecified atom stereocenters. The van der Waals surface area contributed by atoms with Crippen molar-refractivity contribution in [2.75, 3.05) is 56.0 Å². The maximum atomic E-state index is 6.50. The Bertz CT molecular complexity index is 971. The maximum Gasteiger partial charge on any atom is 0.173 e. The lowest BCUT2D eigenvalue weighted by atomic mass is 9.81. The lowest BCUT2D eigenvalue weighted by Gasteiger charge is -2.47. The number of hydrogen-bond donors (Lipinski definition) is 0. The summed E-state index contributed by atoms with van der Waals surface area (Å²) in [5.74, 6) is 0.568. The molecule has 1 saturated carbocycles. The molecule has 0 saturated heterocycles. The van der Waals surface area contributed by atoms with E-state index < -0.39 is 5.72 Å². The van der Waals surface area contributed by atoms with Crippen LogP contribution >= 0.6 is 0 Å². The lowest BCUT2D eigenvalue weighted by Crippen LogP contribution is -2.51. The van der Waals surface area contributed by atoms with Gasteiger partial charge in [-0.1, -0.05) is 48.5 Å². The third-order valence-corrected chi connectivity index (χ3v) is 8.60. The summed E-state index contributed by atoms with van der Waals surface area (Å²) >= 11 is 0. The van der Waals surface area contributed by atoms with Gasteiger partial charge in [0.25, 0.3) is 0 Å². The average Bonchev–Trinajstić information content (AvgIpc) is 2.89. The van der Waals surface area contributed by atoms with E-state index >= 15 is 0 Å². The van der Waals surface area contributed by atoms with Crippen molar-refractivity contribution in [1.29, 1.82) is 0 Å². The molecule has 37 heavy (non-hydrogen) atoms. The molecule has 1 aliphatic carbocycles. The van der Waals surface area contributed by atoms with Gasteiger partial charge in [0.15, 0.2) is 5.72 Å². The summed E-state index contributed by atoms with van der Waals surface area (Å²) in [5, 5.41) is 0. The summed E-state index contributed by atoms with van der Waals surface area (Å²) in [7, 11) is 14.2. The molecule has 0 spiro atoms. The van der Waals surface area contributed by atoms with Crippen LogP contribution in [0.3, 0.4) is 0 Å². The molecule has 0 amide bonds. The van der Waals surface area contributed by atoms with E-state index in [9.17, 15) is 0 Å². The first-order valence-electron chi connectivity index (χ1n) is 13.5. The second kappa shape index (κ2) is 12.4. The quantitative estimate of drug-likeness (QED) is 0.357. The fourth-order valence-corrected chi connectivity index (χ4v) is 5.58. The fraction of sp³-hybridized carbons (Fsp3) is 0.613. The van der Waals surface area contributed by atoms with Gasteiger partial charge in [-0.3, -0.25) is 14.7 Å². The van der Waals surface area contributed by atoms with Crippen LogP contribution in [0.4, 0.5) is 0 Å². The zero-order valence-corrected chi connectivity index (χ0v) is 24.6. The van der Waals surface area contributed by atoms with E-state index in [2.05, 4.69) is 104 Å². The molecule has 0 N–H and O–H groups in total. The molecule has 2 aromatic rings. The molecule has 2 aromatic carbocycles. The first kappa shape index (κ1) is 29.8. The van der Waals surface area contributed by atoms with Gasteiger partial charge in [-0.2, -0.15) is 0 Å². The molecule has 3 rings (SSSR count). The van der Waals surface area contributed by atoms with Crippen LogP contribution in [0.1, 0.15) is 56.2 Å². The molecule has 1 aliphatic rings. The molecule has 0 bridgehead atoms. The molecule has 0 radical (unpaired) electrons. The van der Waals surface area contributed by atoms with E-state index in [0.717, 1.165) is 48.9 Å². The van der Waals surface area contributed by atoms with Crippen LogP contribution in [0.25, 0.3) is 0 Å². The summed E-state index contributed by atoms with van der Waals surface area (Å²) in [4.78, 5) is 6.72. The molecule has 1 fully saturated rings. The summed E-state index contributed by atoms with van der Waals surface area (Å²) in [5.41, 5.74) is 2.17. The predicted molar refractivity (Wildman–Crippen MR) is 151 cm³/mol. The molecular weight excluding hydrogens is 462 g/mol. The van der Waals surface area contributed by atoms with Crippen molar-refractivity contribution in [1.82, 2.24) is 14.7 Å². The van der Waals surface area contributed by atoms with Crippen LogP contribution in [0.15, 0.2) is 54.6 Å². The van der Waals surface area contributed by atoms with Gasteiger partial charge in [0.05, 0.1) is 6.61 Å². The van der Waals surface area contributed by atoms with E-state index in [-0.39, 0.29) is 11.4 Å². The molecule has 0 aromatic heterocycles. The Labute approximate surface area is 225 Å². The third-order valence-electron chi connectivity index (χ3n) is 8.60. The highest BCUT2D eigenvalue weighted by atomic mass is 16.5. The second-order valence-corrected chi connectivity index (χ2v) is 11.4. The number of ether oxygens (including phenoxy) is 3. The average molecular weight is 512 g/mol. The standard InChI is InChI=1S/C31H49N3O3/c1-29(2,32(3)4)37-24-26-14-13-17-28(22-26)31(36-9,27-15-11-10-12-16-27)34(7)23-25-18-20-30(35-8,21-19-25)33(5)6/h10-17,22,25H,18-21,23-24H2,1-9H3. The van der Waals surface area contributed by atoms with Crippen molar-refractivity contribution < 1.29 is 14.2 Å². The van der Waals surface area contributed by atoms with Gasteiger partial charge < -0.3 is 14.2 Å². The summed E-state index contributed by atoms with van der Waals surface area (Å²) < 4.78 is 18.7. The van der Waals surface area contributed by atoms with Crippen LogP contribution in [-0.2, 0) is 26.5 Å². The summed E-state index contributed by atoms with van der Waals surface area (Å²) in [6, 6.07) is 19.2. The van der Waals surface area contributed by atoms with E-state index in [0.29, 0.717) is 12.5 Å². The largest absolute Gasteiger partial charge is 0.364 e. The van der Waals surface area contributed by atoms with Crippen molar-refractivity contribution >= 4 is 0 Å². The first-order valence-corrected chi connectivity index (χ1v) is 13.5. The minimum Gasteiger partial charge on any atom is -0.364 e. The van der Waals surface area contributed by atoms with Crippen LogP contribution < -0.4 is 0 Å². The molecule has 6 nitrogen and oxygen atoms in total. The Morgan fingerprint density at radius 2 is 1.49 bits per heavy atom. The Hall–Kier alpha value is -1.80. The van der Waals surface area contributed by atoms with Crippen LogP contribution in [-0.4, -0.2) is 82.2 Å². The molecule has 0 heterocycles. The van der Waals surface area contributed by atoms with E-state index in [1.54, 1.807) is 0 Å². The highest BCUT2D eigenvalue weighted by molar-refractivity contribution is 5.38. The van der Waals surface area contributed by atoms with Crippen molar-refractivity contribution in [3.63, 3.8) is 0 Å². The Morgan fingerprint density at radius 3 is 2.03 bits per heavy atom. The Kier molecular flexibility index (Phi) is 9.95. The van der Waals surface area contributed by atoms with Gasteiger partial charge >= 0.3 is 0 Å². The monoisotopic (exact) mass is 511 g/mol. The van der Waals surface area contributed by atoms with Crippen LogP contribution in [0.5, 0.6) is 0 Å². The molecular formula is C31H49N3O3. The highest BCUT2D eigenvalue weighted by Crippen LogP contribution is 2.40. The van der Waals surface area contributed by atoms with Crippen molar-refractivity contribution in [3.05, 3.63) is 71.3 Å². The number of methoxy groups -OCH3 is 2. The Balaban J connectivity index is 1.89. The summed E-state index contributed by atoms with van der Waals surface area (Å²) in [6.45, 7) is 5.65. The smallest absolute Gasteiger partial charge is 0.173 e. The molecule has 206 valence electrons. The zero-order valence-electron chi connectivity index (χ0n) is 24.6. The molecule has 1 atom stereocenters. The van der Waals surface area contributed by atoms with Gasteiger partial charge in [0.2, 0.25) is 0 Å². The van der Waals surface area contributed by atoms with E-state index in [1.807, 2.05) is 28.3 Å². The lowest BCUT2D eigenvalue weighted by molar-refractivity contribution is -0.150.